The summed E-state index contributed by atoms with van der Waals surface area (Å²) in [6.45, 7) is 0. The first-order valence-corrected chi connectivity index (χ1v) is 8.96. The fourth-order valence-electron chi connectivity index (χ4n) is 3.28. The van der Waals surface area contributed by atoms with Crippen LogP contribution in [0.3, 0.4) is 0 Å². The third kappa shape index (κ3) is 3.20. The quantitative estimate of drug-likeness (QED) is 0.712. The molecule has 1 saturated heterocycles. The topological polar surface area (TPSA) is 75.4 Å². The number of phenolic OH excluding ortho intramolecular Hbond substituents is 1. The summed E-state index contributed by atoms with van der Waals surface area (Å²) >= 11 is 0. The van der Waals surface area contributed by atoms with E-state index in [-0.39, 0.29) is 24.0 Å². The molecule has 4 rings (SSSR count). The SMILES string of the molecule is CN1C(=O)CC(n2nc(-c3ccccc3O)cc2/C=C/c2ccccc2)C1=O. The number of carbonyl (C=O) groups excluding carboxylic acids is 2. The van der Waals surface area contributed by atoms with Crippen molar-refractivity contribution in [2.45, 2.75) is 12.5 Å². The Hall–Kier alpha value is -3.67. The van der Waals surface area contributed by atoms with Crippen molar-refractivity contribution in [3.8, 4) is 17.0 Å². The summed E-state index contributed by atoms with van der Waals surface area (Å²) in [6.07, 6.45) is 3.86. The highest BCUT2D eigenvalue weighted by Crippen LogP contribution is 2.32. The van der Waals surface area contributed by atoms with Gasteiger partial charge in [-0.25, -0.2) is 0 Å². The van der Waals surface area contributed by atoms with E-state index >= 15 is 0 Å². The first-order chi connectivity index (χ1) is 13.5. The average molecular weight is 373 g/mol. The van der Waals surface area contributed by atoms with E-state index in [9.17, 15) is 14.7 Å². The lowest BCUT2D eigenvalue weighted by Gasteiger charge is -2.11. The number of imide groups is 1. The largest absolute Gasteiger partial charge is 0.507 e. The summed E-state index contributed by atoms with van der Waals surface area (Å²) in [5.41, 5.74) is 2.80. The lowest BCUT2D eigenvalue weighted by atomic mass is 10.1. The van der Waals surface area contributed by atoms with Gasteiger partial charge in [-0.1, -0.05) is 48.5 Å². The Morgan fingerprint density at radius 2 is 1.75 bits per heavy atom. The van der Waals surface area contributed by atoms with E-state index in [0.29, 0.717) is 17.0 Å². The van der Waals surface area contributed by atoms with Crippen LogP contribution in [-0.2, 0) is 9.59 Å². The fourth-order valence-corrected chi connectivity index (χ4v) is 3.28. The number of rotatable bonds is 4. The van der Waals surface area contributed by atoms with Crippen LogP contribution in [0.25, 0.3) is 23.4 Å². The van der Waals surface area contributed by atoms with E-state index in [1.54, 1.807) is 22.9 Å². The van der Waals surface area contributed by atoms with Crippen molar-refractivity contribution in [2.24, 2.45) is 0 Å². The predicted octanol–water partition coefficient (Wildman–Crippen LogP) is 3.36. The van der Waals surface area contributed by atoms with Gasteiger partial charge >= 0.3 is 0 Å². The van der Waals surface area contributed by atoms with Crippen LogP contribution in [0.1, 0.15) is 23.7 Å². The van der Waals surface area contributed by atoms with E-state index in [1.165, 1.54) is 7.05 Å². The normalized spacial score (nSPS) is 17.0. The second-order valence-electron chi connectivity index (χ2n) is 6.67. The number of benzene rings is 2. The number of phenols is 1. The zero-order valence-electron chi connectivity index (χ0n) is 15.3. The Bertz CT molecular complexity index is 1070. The average Bonchev–Trinajstić information content (AvgIpc) is 3.24. The molecule has 1 aliphatic heterocycles. The molecule has 1 aliphatic rings. The molecule has 2 heterocycles. The van der Waals surface area contributed by atoms with Crippen LogP contribution < -0.4 is 0 Å². The molecule has 6 nitrogen and oxygen atoms in total. The smallest absolute Gasteiger partial charge is 0.254 e. The van der Waals surface area contributed by atoms with Gasteiger partial charge < -0.3 is 5.11 Å². The molecule has 0 aliphatic carbocycles. The lowest BCUT2D eigenvalue weighted by molar-refractivity contribution is -0.137. The molecular formula is C22H19N3O3. The molecule has 0 spiro atoms. The third-order valence-electron chi connectivity index (χ3n) is 4.84. The highest BCUT2D eigenvalue weighted by atomic mass is 16.3. The number of para-hydroxylation sites is 1. The van der Waals surface area contributed by atoms with Crippen molar-refractivity contribution >= 4 is 24.0 Å². The van der Waals surface area contributed by atoms with Crippen molar-refractivity contribution in [2.75, 3.05) is 7.05 Å². The number of amides is 2. The van der Waals surface area contributed by atoms with E-state index < -0.39 is 6.04 Å². The maximum Gasteiger partial charge on any atom is 0.254 e. The summed E-state index contributed by atoms with van der Waals surface area (Å²) < 4.78 is 1.57. The van der Waals surface area contributed by atoms with Crippen molar-refractivity contribution in [3.63, 3.8) is 0 Å². The minimum atomic E-state index is -0.687. The molecule has 0 radical (unpaired) electrons. The van der Waals surface area contributed by atoms with E-state index in [0.717, 1.165) is 10.5 Å². The van der Waals surface area contributed by atoms with Gasteiger partial charge in [0.05, 0.1) is 17.8 Å². The van der Waals surface area contributed by atoms with Gasteiger partial charge in [0.15, 0.2) is 0 Å². The summed E-state index contributed by atoms with van der Waals surface area (Å²) in [6, 6.07) is 17.8. The van der Waals surface area contributed by atoms with Gasteiger partial charge in [0.1, 0.15) is 11.8 Å². The molecule has 0 bridgehead atoms. The van der Waals surface area contributed by atoms with E-state index in [1.807, 2.05) is 54.6 Å². The van der Waals surface area contributed by atoms with Gasteiger partial charge in [-0.15, -0.1) is 0 Å². The number of aromatic nitrogens is 2. The lowest BCUT2D eigenvalue weighted by Crippen LogP contribution is -2.27. The van der Waals surface area contributed by atoms with Crippen LogP contribution in [0.5, 0.6) is 5.75 Å². The minimum Gasteiger partial charge on any atom is -0.507 e. The molecule has 3 aromatic rings. The van der Waals surface area contributed by atoms with Gasteiger partial charge in [-0.05, 0) is 29.8 Å². The molecular weight excluding hydrogens is 354 g/mol. The van der Waals surface area contributed by atoms with Crippen LogP contribution in [0, 0.1) is 0 Å². The third-order valence-corrected chi connectivity index (χ3v) is 4.84. The molecule has 2 aromatic carbocycles. The number of aromatic hydroxyl groups is 1. The highest BCUT2D eigenvalue weighted by Gasteiger charge is 2.38. The monoisotopic (exact) mass is 373 g/mol. The molecule has 28 heavy (non-hydrogen) atoms. The Morgan fingerprint density at radius 3 is 2.43 bits per heavy atom. The zero-order chi connectivity index (χ0) is 19.7. The van der Waals surface area contributed by atoms with Crippen LogP contribution in [0.15, 0.2) is 60.7 Å². The first kappa shape index (κ1) is 17.7. The molecule has 1 atom stereocenters. The number of likely N-dealkylation sites (N-methyl/N-ethyl adjacent to an activating group) is 1. The first-order valence-electron chi connectivity index (χ1n) is 8.96. The highest BCUT2D eigenvalue weighted by molar-refractivity contribution is 6.04. The number of likely N-dealkylation sites (tertiary alicyclic amines) is 1. The Morgan fingerprint density at radius 1 is 1.04 bits per heavy atom. The zero-order valence-corrected chi connectivity index (χ0v) is 15.3. The molecule has 1 fully saturated rings. The van der Waals surface area contributed by atoms with Gasteiger partial charge in [0.25, 0.3) is 5.91 Å². The van der Waals surface area contributed by atoms with Gasteiger partial charge in [-0.2, -0.15) is 5.10 Å². The van der Waals surface area contributed by atoms with E-state index in [4.69, 9.17) is 0 Å². The number of nitrogens with zero attached hydrogens (tertiary/aromatic N) is 3. The summed E-state index contributed by atoms with van der Waals surface area (Å²) in [4.78, 5) is 25.7. The molecule has 1 N–H and O–H groups in total. The van der Waals surface area contributed by atoms with Crippen molar-refractivity contribution in [1.82, 2.24) is 14.7 Å². The Labute approximate surface area is 162 Å². The molecule has 1 aromatic heterocycles. The second kappa shape index (κ2) is 7.15. The van der Waals surface area contributed by atoms with Crippen molar-refractivity contribution < 1.29 is 14.7 Å². The Kier molecular flexibility index (Phi) is 4.53. The van der Waals surface area contributed by atoms with Gasteiger partial charge in [-0.3, -0.25) is 19.2 Å². The van der Waals surface area contributed by atoms with Crippen LogP contribution >= 0.6 is 0 Å². The fraction of sp³-hybridized carbons (Fsp3) is 0.136. The number of hydrogen-bond acceptors (Lipinski definition) is 4. The molecule has 140 valence electrons. The second-order valence-corrected chi connectivity index (χ2v) is 6.67. The molecule has 6 heteroatoms. The summed E-state index contributed by atoms with van der Waals surface area (Å²) in [7, 11) is 1.48. The molecule has 0 saturated carbocycles. The van der Waals surface area contributed by atoms with Crippen molar-refractivity contribution in [3.05, 3.63) is 71.9 Å². The number of hydrogen-bond donors (Lipinski definition) is 1. The standard InChI is InChI=1S/C22H19N3O3/c1-24-21(27)14-19(22(24)28)25-16(12-11-15-7-3-2-4-8-15)13-18(23-25)17-9-5-6-10-20(17)26/h2-13,19,26H,14H2,1H3/b12-11+. The predicted molar refractivity (Wildman–Crippen MR) is 106 cm³/mol. The Balaban J connectivity index is 1.79. The molecule has 2 amide bonds. The van der Waals surface area contributed by atoms with Gasteiger partial charge in [0, 0.05) is 12.6 Å². The van der Waals surface area contributed by atoms with Crippen LogP contribution in [0.2, 0.25) is 0 Å². The van der Waals surface area contributed by atoms with Crippen molar-refractivity contribution in [1.29, 1.82) is 0 Å². The maximum atomic E-state index is 12.5. The summed E-state index contributed by atoms with van der Waals surface area (Å²) in [5.74, 6) is -0.407. The molecule has 1 unspecified atom stereocenters. The van der Waals surface area contributed by atoms with Gasteiger partial charge in [0.2, 0.25) is 5.91 Å². The minimum absolute atomic E-state index is 0.0728. The summed E-state index contributed by atoms with van der Waals surface area (Å²) in [5, 5.41) is 14.7. The van der Waals surface area contributed by atoms with Crippen LogP contribution in [0.4, 0.5) is 0 Å². The van der Waals surface area contributed by atoms with Crippen LogP contribution in [-0.4, -0.2) is 38.6 Å². The number of carbonyl (C=O) groups is 2. The maximum absolute atomic E-state index is 12.5. The van der Waals surface area contributed by atoms with E-state index in [2.05, 4.69) is 5.10 Å².